The molecule has 0 saturated heterocycles. The number of esters is 2. The van der Waals surface area contributed by atoms with Crippen molar-refractivity contribution in [3.8, 4) is 11.8 Å². The summed E-state index contributed by atoms with van der Waals surface area (Å²) in [5.74, 6) is 5.47. The first-order valence-corrected chi connectivity index (χ1v) is 15.4. The average molecular weight is 507 g/mol. The number of unbranched alkanes of at least 4 members (excludes halogenated alkanes) is 16. The van der Waals surface area contributed by atoms with Gasteiger partial charge < -0.3 is 9.47 Å². The Morgan fingerprint density at radius 3 is 1.31 bits per heavy atom. The second-order valence-electron chi connectivity index (χ2n) is 10.2. The maximum atomic E-state index is 12.8. The molecule has 0 atom stereocenters. The normalized spacial score (nSPS) is 11.1. The van der Waals surface area contributed by atoms with Crippen LogP contribution < -0.4 is 0 Å². The van der Waals surface area contributed by atoms with E-state index in [9.17, 15) is 9.59 Å². The van der Waals surface area contributed by atoms with E-state index in [1.165, 1.54) is 77.0 Å². The minimum Gasteiger partial charge on any atom is -0.465 e. The van der Waals surface area contributed by atoms with Gasteiger partial charge in [-0.15, -0.1) is 11.8 Å². The van der Waals surface area contributed by atoms with Crippen LogP contribution in [0.15, 0.2) is 0 Å². The van der Waals surface area contributed by atoms with Gasteiger partial charge in [-0.2, -0.15) is 0 Å². The van der Waals surface area contributed by atoms with Crippen molar-refractivity contribution in [2.45, 2.75) is 163 Å². The predicted molar refractivity (Wildman–Crippen MR) is 152 cm³/mol. The summed E-state index contributed by atoms with van der Waals surface area (Å²) >= 11 is 0. The predicted octanol–water partition coefficient (Wildman–Crippen LogP) is 9.33. The van der Waals surface area contributed by atoms with E-state index in [4.69, 9.17) is 9.47 Å². The van der Waals surface area contributed by atoms with Crippen LogP contribution in [0.25, 0.3) is 0 Å². The van der Waals surface area contributed by atoms with Gasteiger partial charge >= 0.3 is 11.9 Å². The molecule has 4 nitrogen and oxygen atoms in total. The summed E-state index contributed by atoms with van der Waals surface area (Å²) in [6.07, 6.45) is 23.2. The maximum absolute atomic E-state index is 12.8. The fraction of sp³-hybridized carbons (Fsp3) is 0.875. The monoisotopic (exact) mass is 506 g/mol. The fourth-order valence-electron chi connectivity index (χ4n) is 4.52. The molecule has 0 aliphatic rings. The first-order chi connectivity index (χ1) is 17.6. The Hall–Kier alpha value is -1.50. The summed E-state index contributed by atoms with van der Waals surface area (Å²) in [4.78, 5) is 25.6. The van der Waals surface area contributed by atoms with E-state index in [1.807, 2.05) is 13.8 Å². The van der Waals surface area contributed by atoms with E-state index in [2.05, 4.69) is 25.7 Å². The van der Waals surface area contributed by atoms with Crippen LogP contribution in [0.3, 0.4) is 0 Å². The van der Waals surface area contributed by atoms with Crippen LogP contribution in [0.2, 0.25) is 0 Å². The molecule has 0 radical (unpaired) electrons. The van der Waals surface area contributed by atoms with Crippen molar-refractivity contribution < 1.29 is 19.1 Å². The Kier molecular flexibility index (Phi) is 24.1. The van der Waals surface area contributed by atoms with Crippen LogP contribution in [0, 0.1) is 17.3 Å². The van der Waals surface area contributed by atoms with E-state index >= 15 is 0 Å². The van der Waals surface area contributed by atoms with E-state index in [-0.39, 0.29) is 0 Å². The Bertz CT molecular complexity index is 583. The smallest absolute Gasteiger partial charge is 0.323 e. The number of hydrogen-bond donors (Lipinski definition) is 0. The molecule has 0 aromatic carbocycles. The van der Waals surface area contributed by atoms with Crippen LogP contribution in [-0.2, 0) is 19.1 Å². The van der Waals surface area contributed by atoms with Gasteiger partial charge in [-0.05, 0) is 32.1 Å². The summed E-state index contributed by atoms with van der Waals surface area (Å²) in [6.45, 7) is 8.86. The molecule has 0 fully saturated rings. The average Bonchev–Trinajstić information content (AvgIpc) is 2.89. The lowest BCUT2D eigenvalue weighted by molar-refractivity contribution is -0.173. The van der Waals surface area contributed by atoms with Crippen molar-refractivity contribution in [2.75, 3.05) is 13.2 Å². The first-order valence-electron chi connectivity index (χ1n) is 15.4. The van der Waals surface area contributed by atoms with Crippen molar-refractivity contribution in [1.82, 2.24) is 0 Å². The molecule has 36 heavy (non-hydrogen) atoms. The van der Waals surface area contributed by atoms with E-state index in [0.29, 0.717) is 26.1 Å². The highest BCUT2D eigenvalue weighted by Crippen LogP contribution is 2.30. The highest BCUT2D eigenvalue weighted by molar-refractivity contribution is 5.99. The number of ether oxygens (including phenoxy) is 2. The number of carbonyl (C=O) groups is 2. The summed E-state index contributed by atoms with van der Waals surface area (Å²) < 4.78 is 11.1. The Labute approximate surface area is 224 Å². The van der Waals surface area contributed by atoms with E-state index in [1.54, 1.807) is 0 Å². The minimum absolute atomic E-state index is 0.383. The highest BCUT2D eigenvalue weighted by atomic mass is 16.6. The molecule has 0 bridgehead atoms. The third-order valence-corrected chi connectivity index (χ3v) is 7.20. The summed E-state index contributed by atoms with van der Waals surface area (Å²) in [6, 6.07) is 0. The van der Waals surface area contributed by atoms with Crippen LogP contribution in [0.5, 0.6) is 0 Å². The molecule has 0 aromatic rings. The van der Waals surface area contributed by atoms with Crippen LogP contribution in [0.1, 0.15) is 163 Å². The molecule has 0 rings (SSSR count). The van der Waals surface area contributed by atoms with Gasteiger partial charge in [0, 0.05) is 12.8 Å². The molecule has 0 heterocycles. The first kappa shape index (κ1) is 34.5. The van der Waals surface area contributed by atoms with Gasteiger partial charge in [0.15, 0.2) is 5.41 Å². The molecule has 0 aliphatic heterocycles. The molecular weight excluding hydrogens is 448 g/mol. The van der Waals surface area contributed by atoms with Crippen molar-refractivity contribution in [3.63, 3.8) is 0 Å². The molecule has 4 heteroatoms. The summed E-state index contributed by atoms with van der Waals surface area (Å²) in [5.41, 5.74) is -1.16. The zero-order chi connectivity index (χ0) is 26.7. The van der Waals surface area contributed by atoms with Crippen LogP contribution in [-0.4, -0.2) is 25.2 Å². The molecule has 0 N–H and O–H groups in total. The van der Waals surface area contributed by atoms with Gasteiger partial charge in [0.1, 0.15) is 0 Å². The second-order valence-corrected chi connectivity index (χ2v) is 10.2. The molecule has 0 saturated carbocycles. The van der Waals surface area contributed by atoms with Gasteiger partial charge in [0.05, 0.1) is 13.2 Å². The zero-order valence-corrected chi connectivity index (χ0v) is 24.4. The lowest BCUT2D eigenvalue weighted by atomic mass is 9.82. The standard InChI is InChI=1S/C32H58O4/c1-5-9-11-13-15-17-19-21-23-25-27-29-36-31(34)32(7-3,8-4)30(33)35-28-26-24-22-20-18-16-14-12-10-6-2/h5-9,11,13-29H2,1-4H3. The molecule has 0 aliphatic carbocycles. The zero-order valence-electron chi connectivity index (χ0n) is 24.4. The Morgan fingerprint density at radius 2 is 0.917 bits per heavy atom. The topological polar surface area (TPSA) is 52.6 Å². The Balaban J connectivity index is 3.97. The lowest BCUT2D eigenvalue weighted by Gasteiger charge is -2.27. The maximum Gasteiger partial charge on any atom is 0.323 e. The highest BCUT2D eigenvalue weighted by Gasteiger charge is 2.45. The molecule has 0 amide bonds. The van der Waals surface area contributed by atoms with Gasteiger partial charge in [-0.1, -0.05) is 118 Å². The lowest BCUT2D eigenvalue weighted by Crippen LogP contribution is -2.41. The third-order valence-electron chi connectivity index (χ3n) is 7.20. The van der Waals surface area contributed by atoms with Crippen LogP contribution in [0.4, 0.5) is 0 Å². The van der Waals surface area contributed by atoms with Crippen LogP contribution >= 0.6 is 0 Å². The minimum atomic E-state index is -1.16. The van der Waals surface area contributed by atoms with Crippen molar-refractivity contribution in [2.24, 2.45) is 5.41 Å². The largest absolute Gasteiger partial charge is 0.465 e. The molecule has 0 spiro atoms. The molecule has 210 valence electrons. The quantitative estimate of drug-likeness (QED) is 0.0566. The van der Waals surface area contributed by atoms with E-state index < -0.39 is 17.4 Å². The third kappa shape index (κ3) is 17.0. The van der Waals surface area contributed by atoms with Crippen molar-refractivity contribution in [3.05, 3.63) is 0 Å². The fourth-order valence-corrected chi connectivity index (χ4v) is 4.52. The Morgan fingerprint density at radius 1 is 0.528 bits per heavy atom. The van der Waals surface area contributed by atoms with Gasteiger partial charge in [0.2, 0.25) is 0 Å². The van der Waals surface area contributed by atoms with Gasteiger partial charge in [-0.25, -0.2) is 0 Å². The summed E-state index contributed by atoms with van der Waals surface area (Å²) in [7, 11) is 0. The van der Waals surface area contributed by atoms with Crippen molar-refractivity contribution >= 4 is 11.9 Å². The molecule has 0 unspecified atom stereocenters. The number of rotatable bonds is 24. The van der Waals surface area contributed by atoms with E-state index in [0.717, 1.165) is 44.9 Å². The van der Waals surface area contributed by atoms with Crippen molar-refractivity contribution in [1.29, 1.82) is 0 Å². The second kappa shape index (κ2) is 25.2. The van der Waals surface area contributed by atoms with Gasteiger partial charge in [-0.3, -0.25) is 9.59 Å². The molecule has 0 aromatic heterocycles. The van der Waals surface area contributed by atoms with Gasteiger partial charge in [0.25, 0.3) is 0 Å². The molecular formula is C32H58O4. The number of hydrogen-bond acceptors (Lipinski definition) is 4. The number of carbonyl (C=O) groups excluding carboxylic acids is 2. The SMILES string of the molecule is CCC#CCCCCCCCCOC(=O)C(CC)(CC)C(=O)OCCCCCCCCCCCCC. The summed E-state index contributed by atoms with van der Waals surface area (Å²) in [5, 5.41) is 0.